The van der Waals surface area contributed by atoms with Gasteiger partial charge in [-0.1, -0.05) is 34.1 Å². The Hall–Kier alpha value is -2.17. The fraction of sp³-hybridized carbons (Fsp3) is 0.741. The van der Waals surface area contributed by atoms with Crippen LogP contribution in [0, 0.1) is 0 Å². The van der Waals surface area contributed by atoms with Crippen molar-refractivity contribution in [2.75, 3.05) is 50.8 Å². The van der Waals surface area contributed by atoms with E-state index >= 15 is 0 Å². The number of carbonyl (C=O) groups excluding carboxylic acids is 2. The van der Waals surface area contributed by atoms with Gasteiger partial charge >= 0.3 is 0 Å². The fourth-order valence-electron chi connectivity index (χ4n) is 5.64. The molecule has 0 bridgehead atoms. The molecule has 1 unspecified atom stereocenters. The van der Waals surface area contributed by atoms with Crippen molar-refractivity contribution in [2.24, 2.45) is 0 Å². The predicted molar refractivity (Wildman–Crippen MR) is 138 cm³/mol. The lowest BCUT2D eigenvalue weighted by molar-refractivity contribution is -0.150. The molecular formula is C27H41F2N5O3. The Bertz CT molecular complexity index is 1000. The molecule has 206 valence electrons. The number of ether oxygens (including phenoxy) is 1. The van der Waals surface area contributed by atoms with E-state index in [9.17, 15) is 18.4 Å². The molecule has 2 amide bonds. The van der Waals surface area contributed by atoms with E-state index < -0.39 is 5.92 Å². The largest absolute Gasteiger partial charge is 0.367 e. The van der Waals surface area contributed by atoms with Gasteiger partial charge in [-0.25, -0.2) is 0 Å². The zero-order valence-corrected chi connectivity index (χ0v) is 22.7. The number of hydrogen-bond donors (Lipinski definition) is 1. The van der Waals surface area contributed by atoms with Gasteiger partial charge in [0.1, 0.15) is 12.3 Å². The molecule has 0 aromatic carbocycles. The molecule has 4 rings (SSSR count). The summed E-state index contributed by atoms with van der Waals surface area (Å²) in [6.07, 6.45) is 2.44. The van der Waals surface area contributed by atoms with E-state index in [1.54, 1.807) is 11.8 Å². The third kappa shape index (κ3) is 5.96. The zero-order chi connectivity index (χ0) is 27.0. The van der Waals surface area contributed by atoms with E-state index in [2.05, 4.69) is 22.1 Å². The summed E-state index contributed by atoms with van der Waals surface area (Å²) >= 11 is 0. The summed E-state index contributed by atoms with van der Waals surface area (Å²) in [5.41, 5.74) is 0.673. The maximum atomic E-state index is 14.7. The normalized spacial score (nSPS) is 26.5. The third-order valence-corrected chi connectivity index (χ3v) is 7.87. The summed E-state index contributed by atoms with van der Waals surface area (Å²) in [4.78, 5) is 36.0. The lowest BCUT2D eigenvalue weighted by Crippen LogP contribution is -2.62. The van der Waals surface area contributed by atoms with Gasteiger partial charge in [0, 0.05) is 68.4 Å². The van der Waals surface area contributed by atoms with Crippen LogP contribution in [0.25, 0.3) is 0 Å². The van der Waals surface area contributed by atoms with Crippen LogP contribution in [-0.2, 0) is 25.7 Å². The van der Waals surface area contributed by atoms with Crippen molar-refractivity contribution in [3.63, 3.8) is 0 Å². The van der Waals surface area contributed by atoms with Crippen LogP contribution in [0.1, 0.15) is 65.1 Å². The number of pyridine rings is 1. The number of aromatic nitrogens is 1. The molecule has 2 saturated heterocycles. The quantitative estimate of drug-likeness (QED) is 0.567. The zero-order valence-electron chi connectivity index (χ0n) is 22.7. The first-order valence-electron chi connectivity index (χ1n) is 13.5. The topological polar surface area (TPSA) is 78.0 Å². The lowest BCUT2D eigenvalue weighted by atomic mass is 9.88. The van der Waals surface area contributed by atoms with Crippen LogP contribution in [0.2, 0.25) is 0 Å². The van der Waals surface area contributed by atoms with Gasteiger partial charge in [-0.3, -0.25) is 19.5 Å². The number of morpholine rings is 1. The van der Waals surface area contributed by atoms with E-state index in [1.807, 2.05) is 25.7 Å². The molecule has 37 heavy (non-hydrogen) atoms. The number of fused-ring (bicyclic) bond motifs is 1. The van der Waals surface area contributed by atoms with Crippen molar-refractivity contribution in [2.45, 2.75) is 83.4 Å². The summed E-state index contributed by atoms with van der Waals surface area (Å²) in [6.45, 7) is 12.9. The van der Waals surface area contributed by atoms with Crippen LogP contribution in [-0.4, -0.2) is 90.7 Å². The van der Waals surface area contributed by atoms with Gasteiger partial charge < -0.3 is 19.9 Å². The van der Waals surface area contributed by atoms with Crippen LogP contribution in [0.15, 0.2) is 12.3 Å². The van der Waals surface area contributed by atoms with Crippen molar-refractivity contribution in [3.05, 3.63) is 23.5 Å². The van der Waals surface area contributed by atoms with Gasteiger partial charge in [0.15, 0.2) is 0 Å². The minimum Gasteiger partial charge on any atom is -0.367 e. The molecule has 3 atom stereocenters. The number of nitrogens with one attached hydrogen (secondary N) is 1. The SMILES string of the molecule is CCCC(F)(F)c1cc2c(cn1)C(C)(C)CN2C(=O)CN1C[C@@H](C)NC[C@@H]1CN1CC(CC)OCC1=O. The predicted octanol–water partition coefficient (Wildman–Crippen LogP) is 2.90. The van der Waals surface area contributed by atoms with Gasteiger partial charge in [0.2, 0.25) is 11.8 Å². The molecular weight excluding hydrogens is 480 g/mol. The van der Waals surface area contributed by atoms with E-state index in [4.69, 9.17) is 4.74 Å². The third-order valence-electron chi connectivity index (χ3n) is 7.87. The van der Waals surface area contributed by atoms with Crippen molar-refractivity contribution in [3.8, 4) is 0 Å². The maximum absolute atomic E-state index is 14.7. The highest BCUT2D eigenvalue weighted by atomic mass is 19.3. The molecule has 0 saturated carbocycles. The van der Waals surface area contributed by atoms with E-state index in [0.29, 0.717) is 44.8 Å². The van der Waals surface area contributed by atoms with Crippen LogP contribution in [0.3, 0.4) is 0 Å². The van der Waals surface area contributed by atoms with Crippen LogP contribution < -0.4 is 10.2 Å². The van der Waals surface area contributed by atoms with E-state index in [1.165, 1.54) is 12.3 Å². The average molecular weight is 522 g/mol. The summed E-state index contributed by atoms with van der Waals surface area (Å²) < 4.78 is 35.0. The Kier molecular flexibility index (Phi) is 8.21. The van der Waals surface area contributed by atoms with Gasteiger partial charge in [0.25, 0.3) is 5.92 Å². The number of halogens is 2. The number of nitrogens with zero attached hydrogens (tertiary/aromatic N) is 4. The Balaban J connectivity index is 1.53. The molecule has 10 heteroatoms. The second-order valence-electron chi connectivity index (χ2n) is 11.4. The fourth-order valence-corrected chi connectivity index (χ4v) is 5.64. The molecule has 4 heterocycles. The lowest BCUT2D eigenvalue weighted by Gasteiger charge is -2.43. The Labute approximate surface area is 218 Å². The highest BCUT2D eigenvalue weighted by Crippen LogP contribution is 2.43. The van der Waals surface area contributed by atoms with Gasteiger partial charge in [-0.2, -0.15) is 8.78 Å². The second kappa shape index (κ2) is 10.9. The van der Waals surface area contributed by atoms with Gasteiger partial charge in [0.05, 0.1) is 18.3 Å². The van der Waals surface area contributed by atoms with Crippen molar-refractivity contribution in [1.29, 1.82) is 0 Å². The first-order chi connectivity index (χ1) is 17.4. The van der Waals surface area contributed by atoms with Crippen molar-refractivity contribution < 1.29 is 23.1 Å². The highest BCUT2D eigenvalue weighted by Gasteiger charge is 2.42. The van der Waals surface area contributed by atoms with Crippen LogP contribution in [0.4, 0.5) is 14.5 Å². The minimum atomic E-state index is -3.04. The first-order valence-corrected chi connectivity index (χ1v) is 13.5. The summed E-state index contributed by atoms with van der Waals surface area (Å²) in [5.74, 6) is -3.19. The Morgan fingerprint density at radius 3 is 2.76 bits per heavy atom. The van der Waals surface area contributed by atoms with Crippen LogP contribution in [0.5, 0.6) is 0 Å². The molecule has 2 fully saturated rings. The molecule has 1 aromatic heterocycles. The summed E-state index contributed by atoms with van der Waals surface area (Å²) in [5, 5.41) is 3.47. The number of alkyl halides is 2. The monoisotopic (exact) mass is 521 g/mol. The number of carbonyl (C=O) groups is 2. The molecule has 0 radical (unpaired) electrons. The molecule has 3 aliphatic heterocycles. The second-order valence-corrected chi connectivity index (χ2v) is 11.4. The van der Waals surface area contributed by atoms with E-state index in [0.717, 1.165) is 12.0 Å². The Morgan fingerprint density at radius 1 is 1.30 bits per heavy atom. The summed E-state index contributed by atoms with van der Waals surface area (Å²) in [7, 11) is 0. The smallest absolute Gasteiger partial charge is 0.289 e. The molecule has 1 N–H and O–H groups in total. The number of amides is 2. The number of rotatable bonds is 8. The van der Waals surface area contributed by atoms with Crippen LogP contribution >= 0.6 is 0 Å². The molecule has 3 aliphatic rings. The molecule has 1 aromatic rings. The number of piperazine rings is 1. The average Bonchev–Trinajstić information content (AvgIpc) is 3.12. The molecule has 0 aliphatic carbocycles. The number of hydrogen-bond acceptors (Lipinski definition) is 6. The van der Waals surface area contributed by atoms with Gasteiger partial charge in [-0.05, 0) is 19.4 Å². The van der Waals surface area contributed by atoms with Crippen molar-refractivity contribution in [1.82, 2.24) is 20.1 Å². The maximum Gasteiger partial charge on any atom is 0.289 e. The minimum absolute atomic E-state index is 0.0280. The summed E-state index contributed by atoms with van der Waals surface area (Å²) in [6, 6.07) is 1.57. The van der Waals surface area contributed by atoms with E-state index in [-0.39, 0.29) is 60.7 Å². The first kappa shape index (κ1) is 27.9. The molecule has 0 spiro atoms. The molecule has 8 nitrogen and oxygen atoms in total. The number of anilines is 1. The van der Waals surface area contributed by atoms with Crippen molar-refractivity contribution >= 4 is 17.5 Å². The highest BCUT2D eigenvalue weighted by molar-refractivity contribution is 5.97. The standard InChI is InChI=1S/C27H41F2N5O3/c1-6-8-27(28,29)23-9-22-21(11-31-23)26(4,5)17-34(22)24(35)15-32-12-18(3)30-10-19(32)13-33-14-20(7-2)37-16-25(33)36/h9,11,18-20,30H,6-8,10,12-17H2,1-5H3/t18-,19-,20?/m1/s1. The Morgan fingerprint density at radius 2 is 2.05 bits per heavy atom. The van der Waals surface area contributed by atoms with Gasteiger partial charge in [-0.15, -0.1) is 0 Å².